The second kappa shape index (κ2) is 8.05. The summed E-state index contributed by atoms with van der Waals surface area (Å²) in [5.41, 5.74) is 2.56. The highest BCUT2D eigenvalue weighted by Crippen LogP contribution is 2.28. The Balaban J connectivity index is 1.60. The first-order valence-electron chi connectivity index (χ1n) is 9.29. The maximum atomic E-state index is 13.3. The Bertz CT molecular complexity index is 1110. The number of hydrogen-bond acceptors (Lipinski definition) is 5. The van der Waals surface area contributed by atoms with Gasteiger partial charge in [-0.2, -0.15) is 0 Å². The SMILES string of the molecule is Cc1cc(C(=O)N2Cc3nccn3CC(NC(=O)c3nc(Cl)c(Cl)s3)C2)c(C)n1C. The lowest BCUT2D eigenvalue weighted by atomic mass is 10.2. The van der Waals surface area contributed by atoms with Crippen molar-refractivity contribution in [1.82, 2.24) is 29.3 Å². The van der Waals surface area contributed by atoms with Crippen molar-refractivity contribution in [2.24, 2.45) is 7.05 Å². The third kappa shape index (κ3) is 3.84. The summed E-state index contributed by atoms with van der Waals surface area (Å²) >= 11 is 12.8. The molecule has 1 atom stereocenters. The summed E-state index contributed by atoms with van der Waals surface area (Å²) in [6.07, 6.45) is 3.54. The van der Waals surface area contributed by atoms with Gasteiger partial charge in [-0.05, 0) is 19.9 Å². The molecule has 1 aliphatic rings. The minimum absolute atomic E-state index is 0.0905. The number of carbonyl (C=O) groups excluding carboxylic acids is 2. The molecule has 8 nitrogen and oxygen atoms in total. The molecule has 0 fully saturated rings. The van der Waals surface area contributed by atoms with E-state index in [0.717, 1.165) is 28.5 Å². The summed E-state index contributed by atoms with van der Waals surface area (Å²) in [7, 11) is 1.93. The number of thiazole rings is 1. The Morgan fingerprint density at radius 3 is 2.67 bits per heavy atom. The summed E-state index contributed by atoms with van der Waals surface area (Å²) in [6.45, 7) is 5.08. The van der Waals surface area contributed by atoms with Gasteiger partial charge in [0.1, 0.15) is 10.2 Å². The second-order valence-corrected chi connectivity index (χ2v) is 9.24. The number of fused-ring (bicyclic) bond motifs is 1. The lowest BCUT2D eigenvalue weighted by molar-refractivity contribution is 0.0716. The number of hydrogen-bond donors (Lipinski definition) is 1. The molecule has 0 radical (unpaired) electrons. The van der Waals surface area contributed by atoms with E-state index < -0.39 is 0 Å². The van der Waals surface area contributed by atoms with Crippen molar-refractivity contribution < 1.29 is 9.59 Å². The standard InChI is InChI=1S/C19H20Cl2N6O2S/c1-10-6-13(11(2)25(10)3)19(29)27-8-12(7-26-5-4-22-14(26)9-27)23-17(28)18-24-15(20)16(21)30-18/h4-6,12H,7-9H2,1-3H3,(H,23,28). The van der Waals surface area contributed by atoms with Crippen molar-refractivity contribution in [2.45, 2.75) is 33.0 Å². The molecule has 1 unspecified atom stereocenters. The van der Waals surface area contributed by atoms with Gasteiger partial charge in [-0.3, -0.25) is 9.59 Å². The molecule has 0 bridgehead atoms. The number of aryl methyl sites for hydroxylation is 1. The molecule has 0 saturated heterocycles. The van der Waals surface area contributed by atoms with Crippen LogP contribution in [0.3, 0.4) is 0 Å². The molecule has 0 aliphatic carbocycles. The number of halogens is 2. The Morgan fingerprint density at radius 2 is 2.03 bits per heavy atom. The minimum Gasteiger partial charge on any atom is -0.351 e. The van der Waals surface area contributed by atoms with Crippen LogP contribution in [0.2, 0.25) is 9.49 Å². The molecule has 2 amide bonds. The minimum atomic E-state index is -0.374. The molecule has 0 aromatic carbocycles. The molecule has 4 rings (SSSR count). The van der Waals surface area contributed by atoms with Crippen LogP contribution in [0.1, 0.15) is 37.4 Å². The summed E-state index contributed by atoms with van der Waals surface area (Å²) < 4.78 is 4.20. The van der Waals surface area contributed by atoms with E-state index in [9.17, 15) is 9.59 Å². The van der Waals surface area contributed by atoms with Crippen molar-refractivity contribution in [3.63, 3.8) is 0 Å². The number of nitrogens with zero attached hydrogens (tertiary/aromatic N) is 5. The van der Waals surface area contributed by atoms with Gasteiger partial charge < -0.3 is 19.4 Å². The summed E-state index contributed by atoms with van der Waals surface area (Å²) in [5, 5.41) is 3.25. The van der Waals surface area contributed by atoms with Gasteiger partial charge in [-0.1, -0.05) is 34.5 Å². The van der Waals surface area contributed by atoms with Crippen molar-refractivity contribution in [1.29, 1.82) is 0 Å². The quantitative estimate of drug-likeness (QED) is 0.642. The summed E-state index contributed by atoms with van der Waals surface area (Å²) in [5.74, 6) is 0.305. The first-order valence-corrected chi connectivity index (χ1v) is 10.9. The monoisotopic (exact) mass is 466 g/mol. The Labute approximate surface area is 187 Å². The molecule has 1 aliphatic heterocycles. The van der Waals surface area contributed by atoms with Gasteiger partial charge >= 0.3 is 0 Å². The highest BCUT2D eigenvalue weighted by atomic mass is 35.5. The largest absolute Gasteiger partial charge is 0.351 e. The van der Waals surface area contributed by atoms with Crippen LogP contribution in [0.5, 0.6) is 0 Å². The zero-order chi connectivity index (χ0) is 21.6. The van der Waals surface area contributed by atoms with Crippen LogP contribution >= 0.6 is 34.5 Å². The Morgan fingerprint density at radius 1 is 1.27 bits per heavy atom. The van der Waals surface area contributed by atoms with Gasteiger partial charge in [0.2, 0.25) is 0 Å². The van der Waals surface area contributed by atoms with Crippen LogP contribution in [0.25, 0.3) is 0 Å². The van der Waals surface area contributed by atoms with E-state index in [4.69, 9.17) is 23.2 Å². The molecule has 4 heterocycles. The second-order valence-electron chi connectivity index (χ2n) is 7.28. The lowest BCUT2D eigenvalue weighted by Gasteiger charge is -2.24. The van der Waals surface area contributed by atoms with Crippen LogP contribution in [-0.4, -0.2) is 48.4 Å². The third-order valence-corrected chi connectivity index (χ3v) is 7.10. The van der Waals surface area contributed by atoms with Gasteiger partial charge in [0, 0.05) is 43.9 Å². The number of carbonyl (C=O) groups is 2. The average Bonchev–Trinajstić information content (AvgIpc) is 3.32. The zero-order valence-corrected chi connectivity index (χ0v) is 19.0. The average molecular weight is 467 g/mol. The number of nitrogens with one attached hydrogen (secondary N) is 1. The van der Waals surface area contributed by atoms with E-state index in [1.807, 2.05) is 42.3 Å². The normalized spacial score (nSPS) is 16.3. The molecule has 30 heavy (non-hydrogen) atoms. The molecular formula is C19H20Cl2N6O2S. The van der Waals surface area contributed by atoms with Crippen LogP contribution in [-0.2, 0) is 20.1 Å². The van der Waals surface area contributed by atoms with Gasteiger partial charge in [-0.15, -0.1) is 0 Å². The van der Waals surface area contributed by atoms with Crippen molar-refractivity contribution in [3.05, 3.63) is 55.7 Å². The molecule has 0 saturated carbocycles. The van der Waals surface area contributed by atoms with E-state index in [0.29, 0.717) is 25.2 Å². The topological polar surface area (TPSA) is 85.1 Å². The number of aromatic nitrogens is 4. The van der Waals surface area contributed by atoms with E-state index in [1.165, 1.54) is 0 Å². The molecule has 3 aromatic heterocycles. The molecule has 1 N–H and O–H groups in total. The molecule has 11 heteroatoms. The first-order chi connectivity index (χ1) is 14.2. The van der Waals surface area contributed by atoms with Crippen molar-refractivity contribution >= 4 is 46.4 Å². The predicted molar refractivity (Wildman–Crippen MR) is 115 cm³/mol. The van der Waals surface area contributed by atoms with Crippen LogP contribution < -0.4 is 5.32 Å². The maximum absolute atomic E-state index is 13.3. The lowest BCUT2D eigenvalue weighted by Crippen LogP contribution is -2.45. The summed E-state index contributed by atoms with van der Waals surface area (Å²) in [6, 6.07) is 1.56. The van der Waals surface area contributed by atoms with Crippen LogP contribution in [0, 0.1) is 13.8 Å². The van der Waals surface area contributed by atoms with E-state index in [2.05, 4.69) is 15.3 Å². The Kier molecular flexibility index (Phi) is 5.61. The fourth-order valence-electron chi connectivity index (χ4n) is 3.57. The highest BCUT2D eigenvalue weighted by molar-refractivity contribution is 7.18. The number of rotatable bonds is 3. The highest BCUT2D eigenvalue weighted by Gasteiger charge is 2.29. The fourth-order valence-corrected chi connectivity index (χ4v) is 4.67. The van der Waals surface area contributed by atoms with Gasteiger partial charge in [0.25, 0.3) is 11.8 Å². The van der Waals surface area contributed by atoms with Gasteiger partial charge in [0.05, 0.1) is 18.2 Å². The van der Waals surface area contributed by atoms with E-state index in [1.54, 1.807) is 11.1 Å². The Hall–Kier alpha value is -2.36. The van der Waals surface area contributed by atoms with Crippen LogP contribution in [0.15, 0.2) is 18.5 Å². The first kappa shape index (κ1) is 20.9. The summed E-state index contributed by atoms with van der Waals surface area (Å²) in [4.78, 5) is 36.1. The maximum Gasteiger partial charge on any atom is 0.280 e. The van der Waals surface area contributed by atoms with Crippen molar-refractivity contribution in [2.75, 3.05) is 6.54 Å². The van der Waals surface area contributed by atoms with E-state index >= 15 is 0 Å². The number of amides is 2. The molecule has 0 spiro atoms. The van der Waals surface area contributed by atoms with Gasteiger partial charge in [0.15, 0.2) is 10.2 Å². The fraction of sp³-hybridized carbons (Fsp3) is 0.368. The van der Waals surface area contributed by atoms with Gasteiger partial charge in [-0.25, -0.2) is 9.97 Å². The number of imidazole rings is 1. The zero-order valence-electron chi connectivity index (χ0n) is 16.6. The third-order valence-electron chi connectivity index (χ3n) is 5.36. The molecular weight excluding hydrogens is 447 g/mol. The van der Waals surface area contributed by atoms with E-state index in [-0.39, 0.29) is 32.4 Å². The van der Waals surface area contributed by atoms with Crippen molar-refractivity contribution in [3.8, 4) is 0 Å². The smallest absolute Gasteiger partial charge is 0.280 e. The molecule has 158 valence electrons. The predicted octanol–water partition coefficient (Wildman–Crippen LogP) is 3.06. The molecule has 3 aromatic rings. The van der Waals surface area contributed by atoms with Crippen LogP contribution in [0.4, 0.5) is 0 Å².